The first-order valence-electron chi connectivity index (χ1n) is 24.7. The molecule has 2 heterocycles. The number of nitrogens with zero attached hydrogens (tertiary/aromatic N) is 2. The summed E-state index contributed by atoms with van der Waals surface area (Å²) in [7, 11) is 0. The molecule has 10 aromatic rings. The second-order valence-corrected chi connectivity index (χ2v) is 18.9. The fraction of sp³-hybridized carbons (Fsp3) is 0.108. The molecule has 0 aliphatic rings. The molecule has 77 heavy (non-hydrogen) atoms. The van der Waals surface area contributed by atoms with Crippen LogP contribution in [0, 0.1) is 48.8 Å². The summed E-state index contributed by atoms with van der Waals surface area (Å²) in [6, 6.07) is 52.3. The van der Waals surface area contributed by atoms with Crippen LogP contribution in [0.15, 0.2) is 182 Å². The maximum Gasteiger partial charge on any atom is 0.195 e. The summed E-state index contributed by atoms with van der Waals surface area (Å²) in [5.41, 5.74) is 6.53. The van der Waals surface area contributed by atoms with Crippen molar-refractivity contribution in [2.24, 2.45) is 0 Å². The molecule has 2 aromatic heterocycles. The van der Waals surface area contributed by atoms with Crippen LogP contribution >= 0.6 is 0 Å². The third-order valence-electron chi connectivity index (χ3n) is 13.2. The van der Waals surface area contributed by atoms with E-state index in [2.05, 4.69) is 0 Å². The highest BCUT2D eigenvalue weighted by atomic mass is 19.2. The number of hydrogen-bond acceptors (Lipinski definition) is 6. The summed E-state index contributed by atoms with van der Waals surface area (Å²) in [4.78, 5) is 9.82. The van der Waals surface area contributed by atoms with Crippen LogP contribution in [-0.2, 0) is 0 Å². The zero-order valence-corrected chi connectivity index (χ0v) is 42.1. The van der Waals surface area contributed by atoms with Crippen LogP contribution < -0.4 is 9.47 Å². The van der Waals surface area contributed by atoms with Crippen LogP contribution in [0.5, 0.6) is 23.0 Å². The van der Waals surface area contributed by atoms with E-state index < -0.39 is 81.2 Å². The van der Waals surface area contributed by atoms with Crippen molar-refractivity contribution in [1.82, 2.24) is 9.97 Å². The van der Waals surface area contributed by atoms with Gasteiger partial charge >= 0.3 is 0 Å². The van der Waals surface area contributed by atoms with Crippen molar-refractivity contribution in [2.45, 2.75) is 46.3 Å². The van der Waals surface area contributed by atoms with E-state index in [-0.39, 0.29) is 28.7 Å². The van der Waals surface area contributed by atoms with Gasteiger partial charge in [-0.25, -0.2) is 36.3 Å². The van der Waals surface area contributed by atoms with E-state index in [0.717, 1.165) is 22.3 Å². The largest absolute Gasteiger partial charge is 0.507 e. The molecule has 0 aliphatic carbocycles. The van der Waals surface area contributed by atoms with Gasteiger partial charge in [0.2, 0.25) is 0 Å². The minimum atomic E-state index is -1.80. The molecular formula is C65H48F6N2O4. The molecule has 384 valence electrons. The SMILES string of the molecule is Cc1cc(-c2cc(-c3ccccc3)nc(-c3ccccc3)c2)c(O)c(-c2c(O[C@H](C)C[C@H](C)Oc3cc(F)c(F)c(F)c3-c3cc(C)cc(-c4cc(-c5ccccc5)nc(-c5ccccc5)c4)c3O)cc(F)c(F)c2F)c1. The molecule has 0 aliphatic heterocycles. The number of aromatic hydroxyl groups is 2. The van der Waals surface area contributed by atoms with Gasteiger partial charge < -0.3 is 19.7 Å². The van der Waals surface area contributed by atoms with Gasteiger partial charge in [-0.1, -0.05) is 121 Å². The fourth-order valence-corrected chi connectivity index (χ4v) is 9.61. The van der Waals surface area contributed by atoms with Crippen molar-refractivity contribution in [3.05, 3.63) is 228 Å². The molecule has 0 saturated heterocycles. The third-order valence-corrected chi connectivity index (χ3v) is 13.2. The Kier molecular flexibility index (Phi) is 14.4. The van der Waals surface area contributed by atoms with Gasteiger partial charge in [0, 0.05) is 63.1 Å². The number of phenols is 2. The smallest absolute Gasteiger partial charge is 0.195 e. The predicted octanol–water partition coefficient (Wildman–Crippen LogP) is 17.3. The van der Waals surface area contributed by atoms with Gasteiger partial charge in [0.25, 0.3) is 0 Å². The molecule has 0 amide bonds. The van der Waals surface area contributed by atoms with E-state index in [1.165, 1.54) is 26.0 Å². The van der Waals surface area contributed by atoms with Gasteiger partial charge in [-0.05, 0) is 98.5 Å². The molecule has 0 saturated carbocycles. The topological polar surface area (TPSA) is 84.7 Å². The van der Waals surface area contributed by atoms with E-state index in [1.807, 2.05) is 121 Å². The van der Waals surface area contributed by atoms with Crippen LogP contribution in [0.1, 0.15) is 31.4 Å². The molecule has 10 rings (SSSR count). The van der Waals surface area contributed by atoms with Crippen LogP contribution in [0.4, 0.5) is 26.3 Å². The molecule has 0 fully saturated rings. The molecule has 12 heteroatoms. The predicted molar refractivity (Wildman–Crippen MR) is 289 cm³/mol. The first-order chi connectivity index (χ1) is 37.1. The van der Waals surface area contributed by atoms with Crippen molar-refractivity contribution >= 4 is 0 Å². The van der Waals surface area contributed by atoms with E-state index >= 15 is 26.3 Å². The highest BCUT2D eigenvalue weighted by Crippen LogP contribution is 2.48. The molecule has 2 N–H and O–H groups in total. The van der Waals surface area contributed by atoms with E-state index in [1.54, 1.807) is 50.2 Å². The van der Waals surface area contributed by atoms with Crippen molar-refractivity contribution in [1.29, 1.82) is 0 Å². The number of benzene rings is 8. The van der Waals surface area contributed by atoms with Gasteiger partial charge in [0.15, 0.2) is 34.9 Å². The highest BCUT2D eigenvalue weighted by molar-refractivity contribution is 5.89. The summed E-state index contributed by atoms with van der Waals surface area (Å²) in [6.07, 6.45) is -2.15. The Morgan fingerprint density at radius 2 is 0.662 bits per heavy atom. The molecule has 0 bridgehead atoms. The van der Waals surface area contributed by atoms with E-state index in [0.29, 0.717) is 57.2 Å². The van der Waals surface area contributed by atoms with Gasteiger partial charge in [0.1, 0.15) is 23.0 Å². The van der Waals surface area contributed by atoms with Gasteiger partial charge in [-0.15, -0.1) is 0 Å². The summed E-state index contributed by atoms with van der Waals surface area (Å²) in [6.45, 7) is 6.48. The van der Waals surface area contributed by atoms with Gasteiger partial charge in [-0.2, -0.15) is 0 Å². The number of ether oxygens (including phenoxy) is 2. The van der Waals surface area contributed by atoms with Crippen LogP contribution in [0.2, 0.25) is 0 Å². The minimum absolute atomic E-state index is 0.126. The number of aryl methyl sites for hydroxylation is 2. The minimum Gasteiger partial charge on any atom is -0.507 e. The lowest BCUT2D eigenvalue weighted by Crippen LogP contribution is -2.23. The van der Waals surface area contributed by atoms with Crippen molar-refractivity contribution in [2.75, 3.05) is 0 Å². The second-order valence-electron chi connectivity index (χ2n) is 18.9. The Labute approximate surface area is 441 Å². The standard InChI is InChI=1S/C65H48F6N2O4/c1-36-25-46(44-30-52(40-17-9-5-10-18-40)72-53(31-44)41-19-11-6-12-20-41)64(74)48(27-36)58-56(34-50(66)60(68)62(58)70)76-38(3)29-39(4)77-57-35-51(67)61(69)63(71)59(57)49-28-37(2)26-47(65(49)75)45-32-54(42-21-13-7-14-22-42)73-55(33-45)43-23-15-8-16-24-43/h5-28,30-35,38-39,74-75H,29H2,1-4H3/t38-,39+. The molecule has 6 nitrogen and oxygen atoms in total. The monoisotopic (exact) mass is 1030 g/mol. The number of hydrogen-bond donors (Lipinski definition) is 2. The lowest BCUT2D eigenvalue weighted by molar-refractivity contribution is 0.130. The van der Waals surface area contributed by atoms with Gasteiger partial charge in [0.05, 0.1) is 46.1 Å². The molecule has 2 atom stereocenters. The third kappa shape index (κ3) is 10.6. The number of halogens is 6. The molecular weight excluding hydrogens is 987 g/mol. The van der Waals surface area contributed by atoms with Crippen molar-refractivity contribution in [3.63, 3.8) is 0 Å². The average molecular weight is 1040 g/mol. The highest BCUT2D eigenvalue weighted by Gasteiger charge is 2.30. The second kappa shape index (κ2) is 21.6. The maximum atomic E-state index is 16.4. The van der Waals surface area contributed by atoms with Crippen LogP contribution in [0.25, 0.3) is 89.5 Å². The van der Waals surface area contributed by atoms with Crippen LogP contribution in [-0.4, -0.2) is 32.4 Å². The number of rotatable bonds is 14. The number of phenolic OH excluding ortho intramolecular Hbond substituents is 2. The fourth-order valence-electron chi connectivity index (χ4n) is 9.61. The lowest BCUT2D eigenvalue weighted by atomic mass is 9.92. The van der Waals surface area contributed by atoms with Crippen LogP contribution in [0.3, 0.4) is 0 Å². The van der Waals surface area contributed by atoms with E-state index in [4.69, 9.17) is 19.4 Å². The zero-order valence-electron chi connectivity index (χ0n) is 42.1. The average Bonchev–Trinajstić information content (AvgIpc) is 3.47. The Morgan fingerprint density at radius 1 is 0.377 bits per heavy atom. The quantitative estimate of drug-likeness (QED) is 0.0834. The summed E-state index contributed by atoms with van der Waals surface area (Å²) >= 11 is 0. The summed E-state index contributed by atoms with van der Waals surface area (Å²) in [5.74, 6) is -11.8. The Balaban J connectivity index is 0.984. The van der Waals surface area contributed by atoms with Gasteiger partial charge in [-0.3, -0.25) is 0 Å². The first-order valence-corrected chi connectivity index (χ1v) is 24.7. The first kappa shape index (κ1) is 51.3. The Morgan fingerprint density at radius 3 is 0.961 bits per heavy atom. The normalized spacial score (nSPS) is 12.1. The molecule has 0 unspecified atom stereocenters. The zero-order chi connectivity index (χ0) is 54.1. The Hall–Kier alpha value is -9.16. The maximum absolute atomic E-state index is 16.4. The van der Waals surface area contributed by atoms with Crippen molar-refractivity contribution in [3.8, 4) is 113 Å². The number of aromatic nitrogens is 2. The van der Waals surface area contributed by atoms with E-state index in [9.17, 15) is 10.2 Å². The summed E-state index contributed by atoms with van der Waals surface area (Å²) < 4.78 is 106. The number of pyridine rings is 2. The summed E-state index contributed by atoms with van der Waals surface area (Å²) in [5, 5.41) is 24.3. The Bertz CT molecular complexity index is 3460. The molecule has 0 radical (unpaired) electrons. The molecule has 8 aromatic carbocycles. The van der Waals surface area contributed by atoms with Crippen molar-refractivity contribution < 1.29 is 46.0 Å². The molecule has 0 spiro atoms. The lowest BCUT2D eigenvalue weighted by Gasteiger charge is -2.24.